The maximum absolute atomic E-state index is 8.88. The van der Waals surface area contributed by atoms with Crippen LogP contribution in [0.3, 0.4) is 0 Å². The second-order valence-corrected chi connectivity index (χ2v) is 6.04. The number of hydrogen-bond donors (Lipinski definition) is 3. The molecule has 0 aromatic rings. The van der Waals surface area contributed by atoms with Crippen LogP contribution in [0.1, 0.15) is 0 Å². The van der Waals surface area contributed by atoms with Crippen molar-refractivity contribution >= 4 is 16.6 Å². The molecule has 0 heterocycles. The summed E-state index contributed by atoms with van der Waals surface area (Å²) >= 11 is 0. The summed E-state index contributed by atoms with van der Waals surface area (Å²) in [6.07, 6.45) is 0. The minimum absolute atomic E-state index is 0.120. The standard InChI is InChI=1S/C3H9Si.H3O4P/c1-4(2)3;1-5(2,3)4/h1-3H3;(H3,1,2,3,4). The first-order valence-electron chi connectivity index (χ1n) is 2.28. The summed E-state index contributed by atoms with van der Waals surface area (Å²) in [7, 11) is -4.52. The van der Waals surface area contributed by atoms with Crippen molar-refractivity contribution < 1.29 is 19.2 Å². The maximum Gasteiger partial charge on any atom is 0.466 e. The van der Waals surface area contributed by atoms with E-state index in [1.165, 1.54) is 0 Å². The van der Waals surface area contributed by atoms with Gasteiger partial charge in [-0.05, 0) is 0 Å². The lowest BCUT2D eigenvalue weighted by Gasteiger charge is -1.82. The van der Waals surface area contributed by atoms with E-state index in [2.05, 4.69) is 19.6 Å². The molecule has 0 aliphatic carbocycles. The van der Waals surface area contributed by atoms with Gasteiger partial charge in [0.25, 0.3) is 0 Å². The van der Waals surface area contributed by atoms with Crippen LogP contribution in [-0.4, -0.2) is 23.5 Å². The zero-order chi connectivity index (χ0) is 8.08. The Morgan fingerprint density at radius 1 is 1.11 bits per heavy atom. The summed E-state index contributed by atoms with van der Waals surface area (Å²) in [6, 6.07) is 0. The fourth-order valence-corrected chi connectivity index (χ4v) is 0. The SMILES string of the molecule is C[Si](C)C.O=P(O)(O)O. The molecule has 0 aromatic heterocycles. The van der Waals surface area contributed by atoms with E-state index < -0.39 is 7.82 Å². The molecular formula is C3H12O4PSi. The maximum atomic E-state index is 8.88. The summed E-state index contributed by atoms with van der Waals surface area (Å²) in [6.45, 7) is 6.81. The molecule has 0 saturated carbocycles. The van der Waals surface area contributed by atoms with Gasteiger partial charge in [0.1, 0.15) is 0 Å². The fourth-order valence-electron chi connectivity index (χ4n) is 0. The van der Waals surface area contributed by atoms with Gasteiger partial charge >= 0.3 is 7.82 Å². The third-order valence-electron chi connectivity index (χ3n) is 0. The molecule has 57 valence electrons. The highest BCUT2D eigenvalue weighted by Gasteiger charge is 2.00. The highest BCUT2D eigenvalue weighted by molar-refractivity contribution is 7.45. The van der Waals surface area contributed by atoms with Crippen LogP contribution in [0.4, 0.5) is 0 Å². The van der Waals surface area contributed by atoms with Gasteiger partial charge in [-0.2, -0.15) is 0 Å². The molecule has 3 N–H and O–H groups in total. The van der Waals surface area contributed by atoms with Crippen LogP contribution in [0.2, 0.25) is 19.6 Å². The Labute approximate surface area is 56.4 Å². The van der Waals surface area contributed by atoms with Gasteiger partial charge < -0.3 is 14.7 Å². The normalized spacial score (nSPS) is 10.6. The van der Waals surface area contributed by atoms with Gasteiger partial charge in [0, 0.05) is 8.80 Å². The molecule has 9 heavy (non-hydrogen) atoms. The third kappa shape index (κ3) is 3120. The van der Waals surface area contributed by atoms with E-state index >= 15 is 0 Å². The van der Waals surface area contributed by atoms with Gasteiger partial charge in [-0.15, -0.1) is 0 Å². The van der Waals surface area contributed by atoms with Crippen molar-refractivity contribution in [2.24, 2.45) is 0 Å². The van der Waals surface area contributed by atoms with Gasteiger partial charge in [0.05, 0.1) is 0 Å². The van der Waals surface area contributed by atoms with Crippen molar-refractivity contribution in [2.75, 3.05) is 0 Å². The minimum Gasteiger partial charge on any atom is -0.303 e. The highest BCUT2D eigenvalue weighted by Crippen LogP contribution is 2.25. The van der Waals surface area contributed by atoms with E-state index in [1.54, 1.807) is 0 Å². The first-order chi connectivity index (χ1) is 3.73. The predicted molar refractivity (Wildman–Crippen MR) is 37.6 cm³/mol. The van der Waals surface area contributed by atoms with Crippen LogP contribution < -0.4 is 0 Å². The topological polar surface area (TPSA) is 77.8 Å². The zero-order valence-electron chi connectivity index (χ0n) is 5.70. The molecule has 0 bridgehead atoms. The van der Waals surface area contributed by atoms with Crippen LogP contribution in [-0.2, 0) is 4.57 Å². The Balaban J connectivity index is 0. The molecule has 0 amide bonds. The first kappa shape index (κ1) is 12.0. The molecule has 1 radical (unpaired) electrons. The molecule has 0 saturated heterocycles. The summed E-state index contributed by atoms with van der Waals surface area (Å²) in [5.74, 6) is 0. The van der Waals surface area contributed by atoms with E-state index in [0.29, 0.717) is 0 Å². The Bertz CT molecular complexity index is 87.0. The quantitative estimate of drug-likeness (QED) is 0.365. The van der Waals surface area contributed by atoms with Crippen molar-refractivity contribution in [2.45, 2.75) is 19.6 Å². The van der Waals surface area contributed by atoms with Crippen LogP contribution in [0.25, 0.3) is 0 Å². The average Bonchev–Trinajstić information content (AvgIpc) is 1.19. The van der Waals surface area contributed by atoms with E-state index in [-0.39, 0.29) is 8.80 Å². The van der Waals surface area contributed by atoms with Gasteiger partial charge in [0.15, 0.2) is 0 Å². The number of phosphoric acid groups is 1. The zero-order valence-corrected chi connectivity index (χ0v) is 7.59. The Morgan fingerprint density at radius 3 is 1.11 bits per heavy atom. The van der Waals surface area contributed by atoms with Crippen molar-refractivity contribution in [3.8, 4) is 0 Å². The average molecular weight is 171 g/mol. The molecule has 0 atom stereocenters. The Kier molecular flexibility index (Phi) is 6.88. The summed E-state index contributed by atoms with van der Waals surface area (Å²) in [5, 5.41) is 0. The third-order valence-corrected chi connectivity index (χ3v) is 0. The highest BCUT2D eigenvalue weighted by atomic mass is 31.2. The van der Waals surface area contributed by atoms with Gasteiger partial charge in [0.2, 0.25) is 0 Å². The number of hydrogen-bond acceptors (Lipinski definition) is 1. The van der Waals surface area contributed by atoms with Crippen LogP contribution in [0.15, 0.2) is 0 Å². The molecule has 0 aromatic carbocycles. The lowest BCUT2D eigenvalue weighted by atomic mass is 11.8. The Hall–Kier alpha value is 0.327. The van der Waals surface area contributed by atoms with Crippen LogP contribution in [0, 0.1) is 0 Å². The summed E-state index contributed by atoms with van der Waals surface area (Å²) in [5.41, 5.74) is 0. The molecule has 0 fully saturated rings. The molecule has 0 aliphatic rings. The molecule has 6 heteroatoms. The summed E-state index contributed by atoms with van der Waals surface area (Å²) in [4.78, 5) is 21.6. The largest absolute Gasteiger partial charge is 0.466 e. The van der Waals surface area contributed by atoms with Crippen LogP contribution in [0.5, 0.6) is 0 Å². The van der Waals surface area contributed by atoms with Crippen molar-refractivity contribution in [3.63, 3.8) is 0 Å². The van der Waals surface area contributed by atoms with Crippen molar-refractivity contribution in [1.29, 1.82) is 0 Å². The molecule has 0 spiro atoms. The smallest absolute Gasteiger partial charge is 0.303 e. The fraction of sp³-hybridized carbons (Fsp3) is 1.00. The van der Waals surface area contributed by atoms with Gasteiger partial charge in [-0.1, -0.05) is 19.6 Å². The van der Waals surface area contributed by atoms with E-state index in [9.17, 15) is 0 Å². The lowest BCUT2D eigenvalue weighted by molar-refractivity contribution is 0.275. The molecule has 0 aliphatic heterocycles. The van der Waals surface area contributed by atoms with E-state index in [1.807, 2.05) is 0 Å². The van der Waals surface area contributed by atoms with Gasteiger partial charge in [-0.3, -0.25) is 0 Å². The Morgan fingerprint density at radius 2 is 1.11 bits per heavy atom. The van der Waals surface area contributed by atoms with Crippen molar-refractivity contribution in [3.05, 3.63) is 0 Å². The first-order valence-corrected chi connectivity index (χ1v) is 6.85. The molecule has 4 nitrogen and oxygen atoms in total. The predicted octanol–water partition coefficient (Wildman–Crippen LogP) is 0.442. The minimum atomic E-state index is -4.64. The van der Waals surface area contributed by atoms with Gasteiger partial charge in [-0.25, -0.2) is 4.57 Å². The van der Waals surface area contributed by atoms with Crippen LogP contribution >= 0.6 is 7.82 Å². The van der Waals surface area contributed by atoms with E-state index in [4.69, 9.17) is 19.2 Å². The van der Waals surface area contributed by atoms with E-state index in [0.717, 1.165) is 0 Å². The lowest BCUT2D eigenvalue weighted by Crippen LogP contribution is -1.84. The molecular weight excluding hydrogens is 159 g/mol. The second-order valence-electron chi connectivity index (χ2n) is 2.01. The monoisotopic (exact) mass is 171 g/mol. The summed E-state index contributed by atoms with van der Waals surface area (Å²) < 4.78 is 8.88. The molecule has 0 rings (SSSR count). The van der Waals surface area contributed by atoms with Crippen molar-refractivity contribution in [1.82, 2.24) is 0 Å². The molecule has 0 unspecified atom stereocenters. The second kappa shape index (κ2) is 5.14. The number of rotatable bonds is 0.